The molecule has 1 aliphatic carbocycles. The second kappa shape index (κ2) is 3.78. The highest BCUT2D eigenvalue weighted by Gasteiger charge is 2.39. The Kier molecular flexibility index (Phi) is 2.48. The lowest BCUT2D eigenvalue weighted by molar-refractivity contribution is 0.173. The fourth-order valence-corrected chi connectivity index (χ4v) is 2.83. The Hall–Kier alpha value is -0.940. The Morgan fingerprint density at radius 2 is 2.24 bits per heavy atom. The molecule has 0 spiro atoms. The number of methoxy groups -OCH3 is 1. The molecule has 2 aliphatic rings. The number of fused-ring (bicyclic) bond motifs is 1. The molecule has 4 nitrogen and oxygen atoms in total. The molecule has 0 aromatic heterocycles. The maximum absolute atomic E-state index is 6.15. The third-order valence-electron chi connectivity index (χ3n) is 3.28. The average Bonchev–Trinajstić information content (AvgIpc) is 2.83. The zero-order valence-electron chi connectivity index (χ0n) is 9.59. The van der Waals surface area contributed by atoms with E-state index in [-0.39, 0.29) is 12.3 Å². The van der Waals surface area contributed by atoms with E-state index in [4.69, 9.17) is 19.9 Å². The predicted octanol–water partition coefficient (Wildman–Crippen LogP) is 2.22. The Morgan fingerprint density at radius 3 is 2.88 bits per heavy atom. The summed E-state index contributed by atoms with van der Waals surface area (Å²) >= 11 is 3.50. The fourth-order valence-electron chi connectivity index (χ4n) is 2.10. The lowest BCUT2D eigenvalue weighted by atomic mass is 10.0. The van der Waals surface area contributed by atoms with Gasteiger partial charge in [-0.2, -0.15) is 0 Å². The molecule has 1 aromatic carbocycles. The number of hydrogen-bond donors (Lipinski definition) is 1. The van der Waals surface area contributed by atoms with E-state index in [1.165, 1.54) is 0 Å². The highest BCUT2D eigenvalue weighted by molar-refractivity contribution is 9.10. The molecule has 0 unspecified atom stereocenters. The van der Waals surface area contributed by atoms with Gasteiger partial charge < -0.3 is 19.9 Å². The molecular formula is C12H14BrNO3. The van der Waals surface area contributed by atoms with Gasteiger partial charge >= 0.3 is 0 Å². The first-order chi connectivity index (χ1) is 8.13. The summed E-state index contributed by atoms with van der Waals surface area (Å²) in [6, 6.07) is 1.97. The number of rotatable bonds is 3. The molecule has 1 heterocycles. The van der Waals surface area contributed by atoms with Gasteiger partial charge in [-0.1, -0.05) is 0 Å². The van der Waals surface area contributed by atoms with Crippen LogP contribution in [-0.2, 0) is 6.42 Å². The maximum Gasteiger partial charge on any atom is 0.231 e. The van der Waals surface area contributed by atoms with E-state index < -0.39 is 0 Å². The number of hydrogen-bond acceptors (Lipinski definition) is 4. The molecule has 0 saturated heterocycles. The van der Waals surface area contributed by atoms with E-state index in [2.05, 4.69) is 15.9 Å². The zero-order chi connectivity index (χ0) is 12.0. The number of halogens is 1. The Morgan fingerprint density at radius 1 is 1.47 bits per heavy atom. The quantitative estimate of drug-likeness (QED) is 0.930. The second-order valence-corrected chi connectivity index (χ2v) is 5.45. The lowest BCUT2D eigenvalue weighted by Crippen LogP contribution is -2.24. The highest BCUT2D eigenvalue weighted by atomic mass is 79.9. The topological polar surface area (TPSA) is 53.7 Å². The third kappa shape index (κ3) is 1.87. The molecule has 1 saturated carbocycles. The van der Waals surface area contributed by atoms with E-state index in [9.17, 15) is 0 Å². The van der Waals surface area contributed by atoms with Crippen LogP contribution in [-0.4, -0.2) is 19.4 Å². The first-order valence-corrected chi connectivity index (χ1v) is 6.36. The normalized spacial score (nSPS) is 19.2. The summed E-state index contributed by atoms with van der Waals surface area (Å²) in [4.78, 5) is 0. The molecule has 0 bridgehead atoms. The monoisotopic (exact) mass is 299 g/mol. The summed E-state index contributed by atoms with van der Waals surface area (Å²) in [5.41, 5.74) is 7.17. The molecule has 0 radical (unpaired) electrons. The minimum Gasteiger partial charge on any atom is -0.495 e. The van der Waals surface area contributed by atoms with Gasteiger partial charge in [0, 0.05) is 11.1 Å². The van der Waals surface area contributed by atoms with Crippen molar-refractivity contribution in [1.82, 2.24) is 0 Å². The number of benzene rings is 1. The number of nitrogens with two attached hydrogens (primary N) is 1. The van der Waals surface area contributed by atoms with Crippen LogP contribution in [0.5, 0.6) is 17.2 Å². The van der Waals surface area contributed by atoms with Gasteiger partial charge in [0.2, 0.25) is 6.79 Å². The van der Waals surface area contributed by atoms with Crippen molar-refractivity contribution < 1.29 is 14.2 Å². The van der Waals surface area contributed by atoms with E-state index in [1.807, 2.05) is 6.07 Å². The van der Waals surface area contributed by atoms with Gasteiger partial charge in [-0.15, -0.1) is 0 Å². The van der Waals surface area contributed by atoms with Crippen molar-refractivity contribution in [2.75, 3.05) is 13.9 Å². The van der Waals surface area contributed by atoms with Gasteiger partial charge in [-0.3, -0.25) is 0 Å². The van der Waals surface area contributed by atoms with Gasteiger partial charge in [0.1, 0.15) is 10.2 Å². The van der Waals surface area contributed by atoms with Gasteiger partial charge in [0.05, 0.1) is 7.11 Å². The van der Waals surface area contributed by atoms with Crippen LogP contribution < -0.4 is 19.9 Å². The van der Waals surface area contributed by atoms with Gasteiger partial charge in [-0.05, 0) is 41.3 Å². The summed E-state index contributed by atoms with van der Waals surface area (Å²) in [6.07, 6.45) is 2.95. The maximum atomic E-state index is 6.15. The van der Waals surface area contributed by atoms with Crippen LogP contribution in [0.1, 0.15) is 18.4 Å². The Bertz CT molecular complexity index is 471. The Labute approximate surface area is 108 Å². The molecule has 3 rings (SSSR count). The van der Waals surface area contributed by atoms with Crippen molar-refractivity contribution in [3.05, 3.63) is 16.1 Å². The summed E-state index contributed by atoms with van der Waals surface area (Å²) in [5, 5.41) is 0. The van der Waals surface area contributed by atoms with Crippen LogP contribution in [0.2, 0.25) is 0 Å². The van der Waals surface area contributed by atoms with Crippen molar-refractivity contribution in [2.45, 2.75) is 24.8 Å². The van der Waals surface area contributed by atoms with Crippen molar-refractivity contribution in [3.63, 3.8) is 0 Å². The summed E-state index contributed by atoms with van der Waals surface area (Å²) in [5.74, 6) is 2.27. The minimum atomic E-state index is -0.0551. The van der Waals surface area contributed by atoms with Gasteiger partial charge in [0.25, 0.3) is 0 Å². The smallest absolute Gasteiger partial charge is 0.231 e. The molecule has 92 valence electrons. The minimum absolute atomic E-state index is 0.0551. The molecule has 0 atom stereocenters. The van der Waals surface area contributed by atoms with Crippen LogP contribution >= 0.6 is 15.9 Å². The SMILES string of the molecule is COc1c(CC2(N)CC2)cc2c(c1Br)OCO2. The Balaban J connectivity index is 2.04. The zero-order valence-corrected chi connectivity index (χ0v) is 11.2. The summed E-state index contributed by atoms with van der Waals surface area (Å²) < 4.78 is 17.0. The van der Waals surface area contributed by atoms with E-state index in [0.717, 1.165) is 40.8 Å². The van der Waals surface area contributed by atoms with Crippen LogP contribution in [0.25, 0.3) is 0 Å². The molecule has 0 amide bonds. The van der Waals surface area contributed by atoms with Crippen molar-refractivity contribution >= 4 is 15.9 Å². The van der Waals surface area contributed by atoms with Crippen LogP contribution in [0, 0.1) is 0 Å². The highest BCUT2D eigenvalue weighted by Crippen LogP contribution is 2.48. The first kappa shape index (κ1) is 11.2. The van der Waals surface area contributed by atoms with E-state index in [0.29, 0.717) is 5.75 Å². The molecule has 2 N–H and O–H groups in total. The van der Waals surface area contributed by atoms with Crippen molar-refractivity contribution in [3.8, 4) is 17.2 Å². The summed E-state index contributed by atoms with van der Waals surface area (Å²) in [7, 11) is 1.65. The predicted molar refractivity (Wildman–Crippen MR) is 66.7 cm³/mol. The molecular weight excluding hydrogens is 286 g/mol. The summed E-state index contributed by atoms with van der Waals surface area (Å²) in [6.45, 7) is 0.258. The number of ether oxygens (including phenoxy) is 3. The van der Waals surface area contributed by atoms with E-state index >= 15 is 0 Å². The van der Waals surface area contributed by atoms with Crippen molar-refractivity contribution in [2.24, 2.45) is 5.73 Å². The average molecular weight is 300 g/mol. The van der Waals surface area contributed by atoms with Crippen LogP contribution in [0.3, 0.4) is 0 Å². The lowest BCUT2D eigenvalue weighted by Gasteiger charge is -2.15. The molecule has 1 fully saturated rings. The first-order valence-electron chi connectivity index (χ1n) is 5.57. The molecule has 5 heteroatoms. The fraction of sp³-hybridized carbons (Fsp3) is 0.500. The van der Waals surface area contributed by atoms with Crippen LogP contribution in [0.4, 0.5) is 0 Å². The van der Waals surface area contributed by atoms with E-state index in [1.54, 1.807) is 7.11 Å². The van der Waals surface area contributed by atoms with Gasteiger partial charge in [-0.25, -0.2) is 0 Å². The molecule has 1 aliphatic heterocycles. The van der Waals surface area contributed by atoms with Crippen molar-refractivity contribution in [1.29, 1.82) is 0 Å². The standard InChI is InChI=1S/C12H14BrNO3/c1-15-10-7(5-12(14)2-3-12)4-8-11(9(10)13)17-6-16-8/h4H,2-3,5-6,14H2,1H3. The molecule has 17 heavy (non-hydrogen) atoms. The second-order valence-electron chi connectivity index (χ2n) is 4.66. The van der Waals surface area contributed by atoms with Crippen LogP contribution in [0.15, 0.2) is 10.5 Å². The third-order valence-corrected chi connectivity index (χ3v) is 4.00. The van der Waals surface area contributed by atoms with Gasteiger partial charge in [0.15, 0.2) is 11.5 Å². The largest absolute Gasteiger partial charge is 0.495 e. The molecule has 1 aromatic rings.